The smallest absolute Gasteiger partial charge is 0.325 e. The minimum atomic E-state index is -4.00. The van der Waals surface area contributed by atoms with E-state index in [4.69, 9.17) is 20.0 Å². The van der Waals surface area contributed by atoms with E-state index < -0.39 is 20.3 Å². The normalized spacial score (nSPS) is 15.2. The maximum Gasteiger partial charge on any atom is 0.325 e. The van der Waals surface area contributed by atoms with Gasteiger partial charge in [0.05, 0.1) is 18.9 Å². The Balaban J connectivity index is 3.46. The minimum absolute atomic E-state index is 0.0687. The topological polar surface area (TPSA) is 98.0 Å². The summed E-state index contributed by atoms with van der Waals surface area (Å²) >= 11 is 0. The molecule has 0 aliphatic carbocycles. The largest absolute Gasteiger partial charge is 0.394 e. The predicted octanol–water partition coefficient (Wildman–Crippen LogP) is -1.09. The van der Waals surface area contributed by atoms with Crippen LogP contribution in [0.25, 0.3) is 0 Å². The van der Waals surface area contributed by atoms with E-state index >= 15 is 0 Å². The Morgan fingerprint density at radius 1 is 1.40 bits per heavy atom. The monoisotopic (exact) mass is 170 g/mol. The van der Waals surface area contributed by atoms with Crippen molar-refractivity contribution in [3.8, 4) is 0 Å². The van der Waals surface area contributed by atoms with E-state index in [1.54, 1.807) is 0 Å². The highest BCUT2D eigenvalue weighted by Gasteiger charge is 2.14. The fraction of sp³-hybridized carbons (Fsp3) is 1.00. The lowest BCUT2D eigenvalue weighted by Gasteiger charge is -2.06. The average Bonchev–Trinajstić information content (AvgIpc) is 1.81. The highest BCUT2D eigenvalue weighted by atomic mass is 31.2. The fourth-order valence-electron chi connectivity index (χ4n) is 0.408. The van der Waals surface area contributed by atoms with Gasteiger partial charge in [-0.05, 0) is 6.42 Å². The third-order valence-corrected chi connectivity index (χ3v) is 1.81. The maximum atomic E-state index is 10.2. The van der Waals surface area contributed by atoms with Crippen LogP contribution in [-0.4, -0.2) is 38.9 Å². The van der Waals surface area contributed by atoms with E-state index in [9.17, 15) is 4.57 Å². The lowest BCUT2D eigenvalue weighted by Crippen LogP contribution is -2.13. The summed E-state index contributed by atoms with van der Waals surface area (Å²) in [6.07, 6.45) is -1.47. The zero-order chi connectivity index (χ0) is 8.20. The molecule has 0 radical (unpaired) electrons. The summed E-state index contributed by atoms with van der Waals surface area (Å²) in [5.41, 5.74) is 0. The van der Waals surface area contributed by atoms with Gasteiger partial charge >= 0.3 is 7.60 Å². The van der Waals surface area contributed by atoms with E-state index in [2.05, 4.69) is 0 Å². The molecule has 0 saturated carbocycles. The molecule has 0 saturated heterocycles. The molecule has 0 unspecified atom stereocenters. The van der Waals surface area contributed by atoms with Crippen LogP contribution in [0.1, 0.15) is 6.42 Å². The van der Waals surface area contributed by atoms with Crippen LogP contribution >= 0.6 is 7.60 Å². The van der Waals surface area contributed by atoms with Gasteiger partial charge in [0.2, 0.25) is 0 Å². The average molecular weight is 170 g/mol. The molecule has 0 heterocycles. The molecule has 0 aromatic carbocycles. The number of hydrogen-bond donors (Lipinski definition) is 4. The summed E-state index contributed by atoms with van der Waals surface area (Å²) in [6.45, 7) is -0.458. The van der Waals surface area contributed by atoms with Crippen LogP contribution in [0.5, 0.6) is 0 Å². The second-order valence-corrected chi connectivity index (χ2v) is 3.79. The molecule has 6 heteroatoms. The molecular weight excluding hydrogens is 159 g/mol. The summed E-state index contributed by atoms with van der Waals surface area (Å²) in [5, 5.41) is 16.9. The summed E-state index contributed by atoms with van der Waals surface area (Å²) in [4.78, 5) is 16.6. The van der Waals surface area contributed by atoms with Crippen molar-refractivity contribution in [3.05, 3.63) is 0 Å². The summed E-state index contributed by atoms with van der Waals surface area (Å²) in [6, 6.07) is 0. The number of aliphatic hydroxyl groups excluding tert-OH is 2. The van der Waals surface area contributed by atoms with Crippen molar-refractivity contribution in [2.45, 2.75) is 12.5 Å². The van der Waals surface area contributed by atoms with Crippen molar-refractivity contribution in [2.75, 3.05) is 12.8 Å². The molecule has 0 aromatic rings. The maximum absolute atomic E-state index is 10.2. The van der Waals surface area contributed by atoms with Crippen LogP contribution in [0.4, 0.5) is 0 Å². The van der Waals surface area contributed by atoms with Crippen molar-refractivity contribution in [1.82, 2.24) is 0 Å². The van der Waals surface area contributed by atoms with Crippen molar-refractivity contribution in [3.63, 3.8) is 0 Å². The Kier molecular flexibility index (Phi) is 4.08. The Hall–Kier alpha value is 0.0700. The van der Waals surface area contributed by atoms with E-state index in [1.165, 1.54) is 0 Å². The molecule has 5 nitrogen and oxygen atoms in total. The Labute approximate surface area is 58.5 Å². The van der Waals surface area contributed by atoms with Crippen LogP contribution in [0.3, 0.4) is 0 Å². The van der Waals surface area contributed by atoms with E-state index in [0.29, 0.717) is 0 Å². The molecule has 1 atom stereocenters. The second kappa shape index (κ2) is 4.05. The molecule has 62 valence electrons. The van der Waals surface area contributed by atoms with Gasteiger partial charge in [-0.3, -0.25) is 4.57 Å². The number of rotatable bonds is 4. The number of aliphatic hydroxyl groups is 2. The molecule has 0 rings (SSSR count). The van der Waals surface area contributed by atoms with Gasteiger partial charge in [-0.1, -0.05) is 0 Å². The fourth-order valence-corrected chi connectivity index (χ4v) is 1.04. The van der Waals surface area contributed by atoms with Crippen molar-refractivity contribution < 1.29 is 24.6 Å². The first-order valence-corrected chi connectivity index (χ1v) is 4.59. The Morgan fingerprint density at radius 3 is 2.20 bits per heavy atom. The predicted molar refractivity (Wildman–Crippen MR) is 34.6 cm³/mol. The highest BCUT2D eigenvalue weighted by Crippen LogP contribution is 2.35. The Morgan fingerprint density at radius 2 is 1.90 bits per heavy atom. The quantitative estimate of drug-likeness (QED) is 0.402. The third-order valence-electron chi connectivity index (χ3n) is 0.964. The Bertz CT molecular complexity index is 130. The van der Waals surface area contributed by atoms with Gasteiger partial charge in [0, 0.05) is 0 Å². The third kappa shape index (κ3) is 6.19. The van der Waals surface area contributed by atoms with Gasteiger partial charge < -0.3 is 20.0 Å². The van der Waals surface area contributed by atoms with Crippen molar-refractivity contribution in [2.24, 2.45) is 0 Å². The molecule has 0 spiro atoms. The zero-order valence-electron chi connectivity index (χ0n) is 5.34. The van der Waals surface area contributed by atoms with Crippen LogP contribution < -0.4 is 0 Å². The van der Waals surface area contributed by atoms with Crippen molar-refractivity contribution >= 4 is 7.60 Å². The summed E-state index contributed by atoms with van der Waals surface area (Å²) < 4.78 is 10.2. The standard InChI is InChI=1S/C4H11O5P/c5-3-4(6)1-2-10(7,8)9/h4-6H,1-3H2,(H2,7,8,9)/t4-/m0/s1. The van der Waals surface area contributed by atoms with Crippen LogP contribution in [0.15, 0.2) is 0 Å². The van der Waals surface area contributed by atoms with E-state index in [-0.39, 0.29) is 12.6 Å². The lowest BCUT2D eigenvalue weighted by molar-refractivity contribution is 0.0918. The first kappa shape index (κ1) is 10.1. The van der Waals surface area contributed by atoms with Gasteiger partial charge in [-0.2, -0.15) is 0 Å². The van der Waals surface area contributed by atoms with Gasteiger partial charge in [0.1, 0.15) is 0 Å². The zero-order valence-corrected chi connectivity index (χ0v) is 6.24. The molecular formula is C4H11O5P. The molecule has 0 aromatic heterocycles. The first-order chi connectivity index (χ1) is 4.45. The first-order valence-electron chi connectivity index (χ1n) is 2.79. The second-order valence-electron chi connectivity index (χ2n) is 2.01. The van der Waals surface area contributed by atoms with E-state index in [1.807, 2.05) is 0 Å². The summed E-state index contributed by atoms with van der Waals surface area (Å²) in [5.74, 6) is 0. The van der Waals surface area contributed by atoms with Crippen LogP contribution in [0, 0.1) is 0 Å². The molecule has 0 amide bonds. The van der Waals surface area contributed by atoms with Gasteiger partial charge in [0.25, 0.3) is 0 Å². The lowest BCUT2D eigenvalue weighted by atomic mass is 10.3. The highest BCUT2D eigenvalue weighted by molar-refractivity contribution is 7.51. The summed E-state index contributed by atoms with van der Waals surface area (Å²) in [7, 11) is -4.00. The minimum Gasteiger partial charge on any atom is -0.394 e. The van der Waals surface area contributed by atoms with Crippen molar-refractivity contribution in [1.29, 1.82) is 0 Å². The molecule has 0 aliphatic heterocycles. The molecule has 0 fully saturated rings. The molecule has 0 aliphatic rings. The van der Waals surface area contributed by atoms with Gasteiger partial charge in [-0.15, -0.1) is 0 Å². The molecule has 0 bridgehead atoms. The van der Waals surface area contributed by atoms with Gasteiger partial charge in [-0.25, -0.2) is 0 Å². The van der Waals surface area contributed by atoms with Gasteiger partial charge in [0.15, 0.2) is 0 Å². The number of hydrogen-bond acceptors (Lipinski definition) is 3. The van der Waals surface area contributed by atoms with Crippen LogP contribution in [0.2, 0.25) is 0 Å². The SMILES string of the molecule is O=P(O)(O)CC[C@H](O)CO. The van der Waals surface area contributed by atoms with E-state index in [0.717, 1.165) is 0 Å². The molecule has 10 heavy (non-hydrogen) atoms. The van der Waals surface area contributed by atoms with Crippen LogP contribution in [-0.2, 0) is 4.57 Å². The molecule has 4 N–H and O–H groups in total.